The second-order valence-corrected chi connectivity index (χ2v) is 5.96. The minimum atomic E-state index is -1.08. The number of esters is 1. The molecule has 1 N–H and O–H groups in total. The maximum atomic E-state index is 13.0. The molecule has 1 aromatic heterocycles. The maximum absolute atomic E-state index is 13.0. The number of hydrogen-bond donors (Lipinski definition) is 1. The van der Waals surface area contributed by atoms with Crippen LogP contribution in [0.3, 0.4) is 0 Å². The van der Waals surface area contributed by atoms with Gasteiger partial charge in [-0.2, -0.15) is 5.10 Å². The number of carbonyl (C=O) groups excluding carboxylic acids is 2. The van der Waals surface area contributed by atoms with Crippen molar-refractivity contribution >= 4 is 29.2 Å². The number of anilines is 1. The molecule has 0 saturated carbocycles. The third-order valence-corrected chi connectivity index (χ3v) is 3.94. The molecule has 3 aromatic rings. The van der Waals surface area contributed by atoms with Crippen molar-refractivity contribution in [1.29, 1.82) is 0 Å². The van der Waals surface area contributed by atoms with Gasteiger partial charge in [-0.1, -0.05) is 11.6 Å². The molecular formula is C18H14ClFN4O3. The molecule has 1 atom stereocenters. The summed E-state index contributed by atoms with van der Waals surface area (Å²) in [4.78, 5) is 28.2. The Hall–Kier alpha value is -3.26. The van der Waals surface area contributed by atoms with E-state index in [1.807, 2.05) is 0 Å². The third-order valence-electron chi connectivity index (χ3n) is 3.63. The van der Waals surface area contributed by atoms with Crippen molar-refractivity contribution in [3.63, 3.8) is 0 Å². The Bertz CT molecular complexity index is 961. The van der Waals surface area contributed by atoms with Crippen molar-refractivity contribution in [2.75, 3.05) is 5.32 Å². The zero-order valence-corrected chi connectivity index (χ0v) is 14.9. The zero-order valence-electron chi connectivity index (χ0n) is 14.1. The van der Waals surface area contributed by atoms with Crippen LogP contribution < -0.4 is 5.32 Å². The molecule has 1 amide bonds. The van der Waals surface area contributed by atoms with Gasteiger partial charge in [0.1, 0.15) is 18.5 Å². The second-order valence-electron chi connectivity index (χ2n) is 5.55. The quantitative estimate of drug-likeness (QED) is 0.678. The van der Waals surface area contributed by atoms with Crippen molar-refractivity contribution in [3.05, 3.63) is 71.5 Å². The van der Waals surface area contributed by atoms with Crippen molar-refractivity contribution in [2.45, 2.75) is 13.0 Å². The number of aromatic nitrogens is 3. The number of amides is 1. The SMILES string of the molecule is C[C@H](OC(=O)c1ccc(-n2cncn2)cc1)C(=O)Nc1ccc(F)cc1Cl. The first-order valence-electron chi connectivity index (χ1n) is 7.86. The number of carbonyl (C=O) groups is 2. The topological polar surface area (TPSA) is 86.1 Å². The molecular weight excluding hydrogens is 375 g/mol. The fourth-order valence-electron chi connectivity index (χ4n) is 2.20. The summed E-state index contributed by atoms with van der Waals surface area (Å²) in [5, 5.41) is 6.52. The van der Waals surface area contributed by atoms with Gasteiger partial charge in [0.15, 0.2) is 6.10 Å². The van der Waals surface area contributed by atoms with Gasteiger partial charge in [0.05, 0.1) is 22.0 Å². The van der Waals surface area contributed by atoms with E-state index >= 15 is 0 Å². The van der Waals surface area contributed by atoms with E-state index in [4.69, 9.17) is 16.3 Å². The molecule has 0 aliphatic carbocycles. The number of ether oxygens (including phenoxy) is 1. The lowest BCUT2D eigenvalue weighted by molar-refractivity contribution is -0.123. The van der Waals surface area contributed by atoms with Gasteiger partial charge >= 0.3 is 5.97 Å². The normalized spacial score (nSPS) is 11.7. The number of hydrogen-bond acceptors (Lipinski definition) is 5. The van der Waals surface area contributed by atoms with Crippen LogP contribution >= 0.6 is 11.6 Å². The number of halogens is 2. The molecule has 0 radical (unpaired) electrons. The molecule has 0 aliphatic heterocycles. The highest BCUT2D eigenvalue weighted by Crippen LogP contribution is 2.22. The highest BCUT2D eigenvalue weighted by atomic mass is 35.5. The Morgan fingerprint density at radius 3 is 2.59 bits per heavy atom. The van der Waals surface area contributed by atoms with Crippen LogP contribution in [-0.2, 0) is 9.53 Å². The van der Waals surface area contributed by atoms with Gasteiger partial charge in [-0.3, -0.25) is 4.79 Å². The zero-order chi connectivity index (χ0) is 19.4. The number of benzene rings is 2. The molecule has 1 heterocycles. The summed E-state index contributed by atoms with van der Waals surface area (Å²) in [5.41, 5.74) is 1.22. The molecule has 0 aliphatic rings. The van der Waals surface area contributed by atoms with Crippen LogP contribution in [0.25, 0.3) is 5.69 Å². The lowest BCUT2D eigenvalue weighted by atomic mass is 10.2. The van der Waals surface area contributed by atoms with Crippen molar-refractivity contribution < 1.29 is 18.7 Å². The highest BCUT2D eigenvalue weighted by molar-refractivity contribution is 6.33. The Kier molecular flexibility index (Phi) is 5.46. The van der Waals surface area contributed by atoms with Crippen LogP contribution in [0, 0.1) is 5.82 Å². The fraction of sp³-hybridized carbons (Fsp3) is 0.111. The first kappa shape index (κ1) is 18.5. The van der Waals surface area contributed by atoms with Gasteiger partial charge in [-0.25, -0.2) is 18.9 Å². The highest BCUT2D eigenvalue weighted by Gasteiger charge is 2.20. The van der Waals surface area contributed by atoms with E-state index < -0.39 is 23.8 Å². The van der Waals surface area contributed by atoms with Crippen LogP contribution in [0.5, 0.6) is 0 Å². The summed E-state index contributed by atoms with van der Waals surface area (Å²) in [6.07, 6.45) is 1.85. The van der Waals surface area contributed by atoms with Gasteiger partial charge in [-0.15, -0.1) is 0 Å². The Morgan fingerprint density at radius 2 is 1.96 bits per heavy atom. The lowest BCUT2D eigenvalue weighted by Crippen LogP contribution is -2.30. The van der Waals surface area contributed by atoms with Crippen LogP contribution in [0.4, 0.5) is 10.1 Å². The predicted molar refractivity (Wildman–Crippen MR) is 96.3 cm³/mol. The lowest BCUT2D eigenvalue weighted by Gasteiger charge is -2.14. The summed E-state index contributed by atoms with van der Waals surface area (Å²) in [7, 11) is 0. The van der Waals surface area contributed by atoms with Gasteiger partial charge in [-0.05, 0) is 49.4 Å². The van der Waals surface area contributed by atoms with E-state index in [0.717, 1.165) is 17.8 Å². The van der Waals surface area contributed by atoms with Gasteiger partial charge in [0.25, 0.3) is 5.91 Å². The van der Waals surface area contributed by atoms with Crippen LogP contribution in [0.1, 0.15) is 17.3 Å². The van der Waals surface area contributed by atoms with Crippen molar-refractivity contribution in [3.8, 4) is 5.69 Å². The first-order valence-corrected chi connectivity index (χ1v) is 8.24. The van der Waals surface area contributed by atoms with E-state index in [-0.39, 0.29) is 16.3 Å². The standard InChI is InChI=1S/C18H14ClFN4O3/c1-11(17(25)23-16-7-4-13(20)8-15(16)19)27-18(26)12-2-5-14(6-3-12)24-10-21-9-22-24/h2-11H,1H3,(H,23,25)/t11-/m0/s1. The van der Waals surface area contributed by atoms with Crippen LogP contribution in [0.15, 0.2) is 55.1 Å². The molecule has 7 nitrogen and oxygen atoms in total. The molecule has 0 saturated heterocycles. The summed E-state index contributed by atoms with van der Waals surface area (Å²) in [6, 6.07) is 10.0. The molecule has 27 heavy (non-hydrogen) atoms. The number of nitrogens with one attached hydrogen (secondary N) is 1. The molecule has 0 unspecified atom stereocenters. The van der Waals surface area contributed by atoms with E-state index in [9.17, 15) is 14.0 Å². The van der Waals surface area contributed by atoms with E-state index in [1.165, 1.54) is 30.3 Å². The second kappa shape index (κ2) is 7.96. The number of rotatable bonds is 5. The minimum Gasteiger partial charge on any atom is -0.449 e. The number of nitrogens with zero attached hydrogens (tertiary/aromatic N) is 3. The molecule has 2 aromatic carbocycles. The molecule has 3 rings (SSSR count). The summed E-state index contributed by atoms with van der Waals surface area (Å²) in [6.45, 7) is 1.43. The Labute approximate surface area is 158 Å². The monoisotopic (exact) mass is 388 g/mol. The maximum Gasteiger partial charge on any atom is 0.338 e. The summed E-state index contributed by atoms with van der Waals surface area (Å²) >= 11 is 5.86. The first-order chi connectivity index (χ1) is 12.9. The third kappa shape index (κ3) is 4.48. The molecule has 9 heteroatoms. The largest absolute Gasteiger partial charge is 0.449 e. The smallest absolute Gasteiger partial charge is 0.338 e. The molecule has 138 valence electrons. The average Bonchev–Trinajstić information content (AvgIpc) is 3.18. The van der Waals surface area contributed by atoms with Gasteiger partial charge in [0, 0.05) is 0 Å². The van der Waals surface area contributed by atoms with Crippen molar-refractivity contribution in [1.82, 2.24) is 14.8 Å². The molecule has 0 spiro atoms. The van der Waals surface area contributed by atoms with Gasteiger partial charge < -0.3 is 10.1 Å². The summed E-state index contributed by atoms with van der Waals surface area (Å²) in [5.74, 6) is -1.77. The Morgan fingerprint density at radius 1 is 1.22 bits per heavy atom. The van der Waals surface area contributed by atoms with Crippen molar-refractivity contribution in [2.24, 2.45) is 0 Å². The summed E-state index contributed by atoms with van der Waals surface area (Å²) < 4.78 is 19.7. The average molecular weight is 389 g/mol. The predicted octanol–water partition coefficient (Wildman–Crippen LogP) is 3.24. The van der Waals surface area contributed by atoms with Crippen LogP contribution in [0.2, 0.25) is 5.02 Å². The van der Waals surface area contributed by atoms with Gasteiger partial charge in [0.2, 0.25) is 0 Å². The molecule has 0 bridgehead atoms. The Balaban J connectivity index is 1.62. The van der Waals surface area contributed by atoms with E-state index in [0.29, 0.717) is 0 Å². The molecule has 0 fully saturated rings. The van der Waals surface area contributed by atoms with E-state index in [2.05, 4.69) is 15.4 Å². The fourth-order valence-corrected chi connectivity index (χ4v) is 2.41. The minimum absolute atomic E-state index is 0.0468. The van der Waals surface area contributed by atoms with E-state index in [1.54, 1.807) is 24.3 Å². The van der Waals surface area contributed by atoms with Crippen LogP contribution in [-0.4, -0.2) is 32.7 Å².